The number of hydrogen-bond acceptors (Lipinski definition) is 5. The first kappa shape index (κ1) is 22.8. The van der Waals surface area contributed by atoms with E-state index in [0.717, 1.165) is 30.0 Å². The fourth-order valence-corrected chi connectivity index (χ4v) is 10.3. The van der Waals surface area contributed by atoms with Crippen molar-refractivity contribution in [2.24, 2.45) is 0 Å². The predicted octanol–water partition coefficient (Wildman–Crippen LogP) is 5.25. The van der Waals surface area contributed by atoms with Gasteiger partial charge in [0.2, 0.25) is 11.8 Å². The summed E-state index contributed by atoms with van der Waals surface area (Å²) in [4.78, 5) is 4.47. The average Bonchev–Trinajstić information content (AvgIpc) is 2.85. The highest BCUT2D eigenvalue weighted by atomic mass is 28.4. The van der Waals surface area contributed by atoms with Crippen LogP contribution in [0.15, 0.2) is 12.3 Å². The standard InChI is InChI=1S/C23H37N3O3Si/c1-15(2)30(16(3)4,17(5)6)29-23-20-9-11-28-12-10-21(20)26(25-23)19-13-18(7)22(27-8)24-14-19/h13-17H,9-12H2,1-8H3. The highest BCUT2D eigenvalue weighted by molar-refractivity contribution is 6.78. The number of aryl methyl sites for hydroxylation is 1. The number of rotatable bonds is 7. The molecule has 0 aromatic carbocycles. The third-order valence-corrected chi connectivity index (χ3v) is 12.4. The summed E-state index contributed by atoms with van der Waals surface area (Å²) in [7, 11) is -0.465. The molecule has 1 aliphatic heterocycles. The van der Waals surface area contributed by atoms with Gasteiger partial charge >= 0.3 is 0 Å². The summed E-state index contributed by atoms with van der Waals surface area (Å²) >= 11 is 0. The molecule has 0 radical (unpaired) electrons. The first-order valence-electron chi connectivity index (χ1n) is 11.1. The average molecular weight is 432 g/mol. The fourth-order valence-electron chi connectivity index (χ4n) is 5.11. The van der Waals surface area contributed by atoms with Crippen LogP contribution in [0.25, 0.3) is 5.69 Å². The molecular weight excluding hydrogens is 394 g/mol. The molecule has 3 rings (SSSR count). The smallest absolute Gasteiger partial charge is 0.260 e. The van der Waals surface area contributed by atoms with Gasteiger partial charge in [0.1, 0.15) is 0 Å². The molecule has 0 saturated carbocycles. The lowest BCUT2D eigenvalue weighted by Gasteiger charge is -2.41. The van der Waals surface area contributed by atoms with Crippen LogP contribution >= 0.6 is 0 Å². The quantitative estimate of drug-likeness (QED) is 0.560. The molecule has 0 saturated heterocycles. The van der Waals surface area contributed by atoms with E-state index in [2.05, 4.69) is 52.6 Å². The van der Waals surface area contributed by atoms with Crippen molar-refractivity contribution in [3.63, 3.8) is 0 Å². The van der Waals surface area contributed by atoms with E-state index in [-0.39, 0.29) is 0 Å². The van der Waals surface area contributed by atoms with Crippen LogP contribution in [-0.2, 0) is 17.6 Å². The number of methoxy groups -OCH3 is 1. The van der Waals surface area contributed by atoms with Crippen molar-refractivity contribution in [1.82, 2.24) is 14.8 Å². The maximum atomic E-state index is 7.02. The lowest BCUT2D eigenvalue weighted by molar-refractivity contribution is 0.145. The summed E-state index contributed by atoms with van der Waals surface area (Å²) in [6.07, 6.45) is 3.47. The Kier molecular flexibility index (Phi) is 6.92. The predicted molar refractivity (Wildman–Crippen MR) is 123 cm³/mol. The van der Waals surface area contributed by atoms with Gasteiger partial charge in [-0.15, -0.1) is 5.10 Å². The first-order valence-corrected chi connectivity index (χ1v) is 13.2. The maximum absolute atomic E-state index is 7.02. The molecule has 0 unspecified atom stereocenters. The van der Waals surface area contributed by atoms with Gasteiger partial charge in [0.25, 0.3) is 8.32 Å². The zero-order valence-electron chi connectivity index (χ0n) is 19.8. The van der Waals surface area contributed by atoms with Crippen molar-refractivity contribution < 1.29 is 13.9 Å². The molecule has 0 atom stereocenters. The molecule has 6 nitrogen and oxygen atoms in total. The summed E-state index contributed by atoms with van der Waals surface area (Å²) in [5.41, 5.74) is 5.77. The van der Waals surface area contributed by atoms with Gasteiger partial charge in [-0.1, -0.05) is 41.5 Å². The third-order valence-electron chi connectivity index (χ3n) is 6.47. The lowest BCUT2D eigenvalue weighted by atomic mass is 10.1. The molecule has 0 spiro atoms. The Bertz CT molecular complexity index is 855. The van der Waals surface area contributed by atoms with E-state index in [0.29, 0.717) is 35.7 Å². The Hall–Kier alpha value is -1.86. The molecule has 166 valence electrons. The summed E-state index contributed by atoms with van der Waals surface area (Å²) in [6, 6.07) is 2.08. The number of pyridine rings is 1. The van der Waals surface area contributed by atoms with Crippen LogP contribution < -0.4 is 9.16 Å². The Morgan fingerprint density at radius 1 is 1.00 bits per heavy atom. The molecule has 0 N–H and O–H groups in total. The lowest BCUT2D eigenvalue weighted by Crippen LogP contribution is -2.51. The molecule has 2 aromatic heterocycles. The molecule has 1 aliphatic rings. The van der Waals surface area contributed by atoms with Crippen molar-refractivity contribution in [3.8, 4) is 17.4 Å². The fraction of sp³-hybridized carbons (Fsp3) is 0.652. The Balaban J connectivity index is 2.13. The van der Waals surface area contributed by atoms with E-state index < -0.39 is 8.32 Å². The van der Waals surface area contributed by atoms with Gasteiger partial charge in [0.05, 0.1) is 37.9 Å². The van der Waals surface area contributed by atoms with Gasteiger partial charge in [0, 0.05) is 24.0 Å². The van der Waals surface area contributed by atoms with Crippen LogP contribution in [0.3, 0.4) is 0 Å². The van der Waals surface area contributed by atoms with Crippen molar-refractivity contribution >= 4 is 8.32 Å². The SMILES string of the molecule is COc1ncc(-n2nc(O[Si](C(C)C)(C(C)C)C(C)C)c3c2CCOCC3)cc1C. The Morgan fingerprint density at radius 2 is 1.63 bits per heavy atom. The van der Waals surface area contributed by atoms with E-state index in [1.54, 1.807) is 7.11 Å². The van der Waals surface area contributed by atoms with E-state index in [1.807, 2.05) is 17.8 Å². The summed E-state index contributed by atoms with van der Waals surface area (Å²) < 4.78 is 20.2. The zero-order valence-corrected chi connectivity index (χ0v) is 20.8. The molecular formula is C23H37N3O3Si. The topological polar surface area (TPSA) is 58.4 Å². The van der Waals surface area contributed by atoms with Crippen molar-refractivity contribution in [2.75, 3.05) is 20.3 Å². The van der Waals surface area contributed by atoms with Gasteiger partial charge in [-0.3, -0.25) is 0 Å². The normalized spacial score (nSPS) is 14.9. The van der Waals surface area contributed by atoms with Crippen molar-refractivity contribution in [2.45, 2.75) is 77.9 Å². The van der Waals surface area contributed by atoms with E-state index in [1.165, 1.54) is 11.3 Å². The molecule has 0 aliphatic carbocycles. The van der Waals surface area contributed by atoms with Crippen LogP contribution in [0.4, 0.5) is 0 Å². The van der Waals surface area contributed by atoms with Crippen molar-refractivity contribution in [3.05, 3.63) is 29.1 Å². The number of ether oxygens (including phenoxy) is 2. The number of hydrogen-bond donors (Lipinski definition) is 0. The second-order valence-corrected chi connectivity index (χ2v) is 14.6. The van der Waals surface area contributed by atoms with Crippen LogP contribution in [-0.4, -0.2) is 43.4 Å². The molecule has 3 heterocycles. The number of aromatic nitrogens is 3. The second kappa shape index (κ2) is 9.10. The minimum absolute atomic E-state index is 0.491. The maximum Gasteiger partial charge on any atom is 0.260 e. The number of fused-ring (bicyclic) bond motifs is 1. The molecule has 7 heteroatoms. The molecule has 2 aromatic rings. The number of nitrogens with zero attached hydrogens (tertiary/aromatic N) is 3. The van der Waals surface area contributed by atoms with Gasteiger partial charge in [-0.2, -0.15) is 0 Å². The molecule has 0 fully saturated rings. The highest BCUT2D eigenvalue weighted by Crippen LogP contribution is 2.44. The minimum atomic E-state index is -2.11. The summed E-state index contributed by atoms with van der Waals surface area (Å²) in [6.45, 7) is 17.2. The van der Waals surface area contributed by atoms with Crippen LogP contribution in [0.5, 0.6) is 11.8 Å². The first-order chi connectivity index (χ1) is 14.2. The molecule has 30 heavy (non-hydrogen) atoms. The van der Waals surface area contributed by atoms with Crippen LogP contribution in [0.2, 0.25) is 16.6 Å². The van der Waals surface area contributed by atoms with E-state index in [9.17, 15) is 0 Å². The van der Waals surface area contributed by atoms with Gasteiger partial charge in [-0.25, -0.2) is 9.67 Å². The second-order valence-electron chi connectivity index (χ2n) is 9.19. The third kappa shape index (κ3) is 4.01. The monoisotopic (exact) mass is 431 g/mol. The zero-order chi connectivity index (χ0) is 22.1. The largest absolute Gasteiger partial charge is 0.529 e. The van der Waals surface area contributed by atoms with Crippen LogP contribution in [0, 0.1) is 6.92 Å². The van der Waals surface area contributed by atoms with E-state index >= 15 is 0 Å². The molecule has 0 amide bonds. The van der Waals surface area contributed by atoms with E-state index in [4.69, 9.17) is 19.0 Å². The van der Waals surface area contributed by atoms with Crippen LogP contribution in [0.1, 0.15) is 58.4 Å². The molecule has 0 bridgehead atoms. The summed E-state index contributed by atoms with van der Waals surface area (Å²) in [5.74, 6) is 1.44. The summed E-state index contributed by atoms with van der Waals surface area (Å²) in [5, 5.41) is 5.03. The van der Waals surface area contributed by atoms with Crippen molar-refractivity contribution in [1.29, 1.82) is 0 Å². The van der Waals surface area contributed by atoms with Gasteiger partial charge < -0.3 is 13.9 Å². The Labute approximate surface area is 182 Å². The van der Waals surface area contributed by atoms with Gasteiger partial charge in [0.15, 0.2) is 0 Å². The van der Waals surface area contributed by atoms with Gasteiger partial charge in [-0.05, 0) is 29.6 Å². The Morgan fingerprint density at radius 3 is 2.20 bits per heavy atom. The highest BCUT2D eigenvalue weighted by Gasteiger charge is 2.48. The minimum Gasteiger partial charge on any atom is -0.529 e.